The van der Waals surface area contributed by atoms with Crippen molar-refractivity contribution in [3.8, 4) is 0 Å². The molecule has 4 N–H and O–H groups in total. The predicted octanol–water partition coefficient (Wildman–Crippen LogP) is -0.577. The zero-order valence-electron chi connectivity index (χ0n) is 6.84. The minimum atomic E-state index is 0.0540. The van der Waals surface area contributed by atoms with Crippen LogP contribution in [0.4, 0.5) is 0 Å². The lowest BCUT2D eigenvalue weighted by Gasteiger charge is -2.00. The molecule has 12 heavy (non-hydrogen) atoms. The summed E-state index contributed by atoms with van der Waals surface area (Å²) in [5.41, 5.74) is 6.08. The largest absolute Gasteiger partial charge is 0.367 e. The molecule has 66 valence electrons. The Morgan fingerprint density at radius 1 is 1.58 bits per heavy atom. The predicted molar refractivity (Wildman–Crippen MR) is 47.8 cm³/mol. The molecule has 0 radical (unpaired) electrons. The fourth-order valence-corrected chi connectivity index (χ4v) is 0.914. The van der Waals surface area contributed by atoms with E-state index in [0.29, 0.717) is 13.1 Å². The van der Waals surface area contributed by atoms with E-state index >= 15 is 0 Å². The van der Waals surface area contributed by atoms with Crippen molar-refractivity contribution < 1.29 is 0 Å². The SMILES string of the molecule is NCCNCc1c[nH]ccc1=O. The normalized spacial score (nSPS) is 10.1. The molecule has 0 amide bonds. The molecule has 0 bridgehead atoms. The van der Waals surface area contributed by atoms with Gasteiger partial charge in [-0.2, -0.15) is 0 Å². The third-order valence-electron chi connectivity index (χ3n) is 1.54. The first-order valence-corrected chi connectivity index (χ1v) is 3.91. The van der Waals surface area contributed by atoms with Crippen molar-refractivity contribution in [1.82, 2.24) is 10.3 Å². The van der Waals surface area contributed by atoms with Gasteiger partial charge >= 0.3 is 0 Å². The van der Waals surface area contributed by atoms with Crippen LogP contribution < -0.4 is 16.5 Å². The topological polar surface area (TPSA) is 70.9 Å². The molecule has 0 saturated heterocycles. The highest BCUT2D eigenvalue weighted by atomic mass is 16.1. The second-order valence-electron chi connectivity index (χ2n) is 2.50. The van der Waals surface area contributed by atoms with Crippen LogP contribution in [0.3, 0.4) is 0 Å². The van der Waals surface area contributed by atoms with Crippen LogP contribution in [0, 0.1) is 0 Å². The summed E-state index contributed by atoms with van der Waals surface area (Å²) in [7, 11) is 0. The van der Waals surface area contributed by atoms with Gasteiger partial charge in [-0.15, -0.1) is 0 Å². The van der Waals surface area contributed by atoms with Crippen molar-refractivity contribution in [3.63, 3.8) is 0 Å². The number of nitrogens with two attached hydrogens (primary N) is 1. The van der Waals surface area contributed by atoms with E-state index in [-0.39, 0.29) is 5.43 Å². The number of aromatic amines is 1. The summed E-state index contributed by atoms with van der Waals surface area (Å²) in [6.07, 6.45) is 3.32. The molecular formula is C8H13N3O. The summed E-state index contributed by atoms with van der Waals surface area (Å²) < 4.78 is 0. The molecule has 1 rings (SSSR count). The molecule has 0 aliphatic rings. The number of hydrogen-bond acceptors (Lipinski definition) is 3. The molecule has 1 aromatic heterocycles. The lowest BCUT2D eigenvalue weighted by Crippen LogP contribution is -2.24. The minimum Gasteiger partial charge on any atom is -0.367 e. The van der Waals surface area contributed by atoms with Crippen molar-refractivity contribution >= 4 is 0 Å². The summed E-state index contributed by atoms with van der Waals surface area (Å²) >= 11 is 0. The number of pyridine rings is 1. The van der Waals surface area contributed by atoms with E-state index in [4.69, 9.17) is 5.73 Å². The number of nitrogens with one attached hydrogen (secondary N) is 2. The molecule has 0 aromatic carbocycles. The van der Waals surface area contributed by atoms with Crippen molar-refractivity contribution in [1.29, 1.82) is 0 Å². The minimum absolute atomic E-state index is 0.0540. The summed E-state index contributed by atoms with van der Waals surface area (Å²) in [5, 5.41) is 3.05. The Hall–Kier alpha value is -1.13. The van der Waals surface area contributed by atoms with Gasteiger partial charge in [0.2, 0.25) is 0 Å². The van der Waals surface area contributed by atoms with Crippen LogP contribution in [-0.4, -0.2) is 18.1 Å². The van der Waals surface area contributed by atoms with Gasteiger partial charge in [0.25, 0.3) is 0 Å². The quantitative estimate of drug-likeness (QED) is 0.525. The molecule has 0 atom stereocenters. The van der Waals surface area contributed by atoms with Crippen LogP contribution in [0.5, 0.6) is 0 Å². The van der Waals surface area contributed by atoms with E-state index in [9.17, 15) is 4.79 Å². The second kappa shape index (κ2) is 4.69. The van der Waals surface area contributed by atoms with Gasteiger partial charge in [0.05, 0.1) is 0 Å². The Balaban J connectivity index is 2.52. The standard InChI is InChI=1S/C8H13N3O/c9-2-4-11-6-7-5-10-3-1-8(7)12/h1,3,5,11H,2,4,6,9H2,(H,10,12). The van der Waals surface area contributed by atoms with Crippen LogP contribution in [0.2, 0.25) is 0 Å². The summed E-state index contributed by atoms with van der Waals surface area (Å²) in [6.45, 7) is 1.90. The maximum Gasteiger partial charge on any atom is 0.186 e. The summed E-state index contributed by atoms with van der Waals surface area (Å²) in [6, 6.07) is 1.51. The number of rotatable bonds is 4. The third kappa shape index (κ3) is 2.48. The molecule has 0 fully saturated rings. The van der Waals surface area contributed by atoms with Crippen LogP contribution in [0.15, 0.2) is 23.3 Å². The summed E-state index contributed by atoms with van der Waals surface area (Å²) in [4.78, 5) is 14.0. The van der Waals surface area contributed by atoms with Crippen molar-refractivity contribution in [2.24, 2.45) is 5.73 Å². The highest BCUT2D eigenvalue weighted by molar-refractivity contribution is 5.08. The van der Waals surface area contributed by atoms with Gasteiger partial charge in [-0.05, 0) is 0 Å². The fourth-order valence-electron chi connectivity index (χ4n) is 0.914. The molecule has 4 heteroatoms. The maximum absolute atomic E-state index is 11.1. The first-order chi connectivity index (χ1) is 5.84. The monoisotopic (exact) mass is 167 g/mol. The zero-order chi connectivity index (χ0) is 8.81. The van der Waals surface area contributed by atoms with Crippen LogP contribution in [0.1, 0.15) is 5.56 Å². The summed E-state index contributed by atoms with van der Waals surface area (Å²) in [5.74, 6) is 0. The van der Waals surface area contributed by atoms with Crippen molar-refractivity contribution in [2.45, 2.75) is 6.54 Å². The lowest BCUT2D eigenvalue weighted by molar-refractivity contribution is 0.690. The van der Waals surface area contributed by atoms with Crippen LogP contribution >= 0.6 is 0 Å². The van der Waals surface area contributed by atoms with Gasteiger partial charge in [-0.1, -0.05) is 0 Å². The van der Waals surface area contributed by atoms with Crippen molar-refractivity contribution in [3.05, 3.63) is 34.2 Å². The van der Waals surface area contributed by atoms with Gasteiger partial charge in [-0.3, -0.25) is 4.79 Å². The molecule has 1 aromatic rings. The van der Waals surface area contributed by atoms with Crippen LogP contribution in [-0.2, 0) is 6.54 Å². The molecule has 4 nitrogen and oxygen atoms in total. The smallest absolute Gasteiger partial charge is 0.186 e. The second-order valence-corrected chi connectivity index (χ2v) is 2.50. The number of hydrogen-bond donors (Lipinski definition) is 3. The molecular weight excluding hydrogens is 154 g/mol. The lowest BCUT2D eigenvalue weighted by atomic mass is 10.3. The van der Waals surface area contributed by atoms with E-state index in [1.54, 1.807) is 12.4 Å². The fraction of sp³-hybridized carbons (Fsp3) is 0.375. The highest BCUT2D eigenvalue weighted by Gasteiger charge is 1.95. The average Bonchev–Trinajstić information content (AvgIpc) is 2.09. The van der Waals surface area contributed by atoms with Gasteiger partial charge in [-0.25, -0.2) is 0 Å². The Bertz CT molecular complexity index is 282. The highest BCUT2D eigenvalue weighted by Crippen LogP contribution is 1.85. The number of H-pyrrole nitrogens is 1. The van der Waals surface area contributed by atoms with E-state index < -0.39 is 0 Å². The number of aromatic nitrogens is 1. The Morgan fingerprint density at radius 3 is 3.08 bits per heavy atom. The van der Waals surface area contributed by atoms with Gasteiger partial charge in [0.1, 0.15) is 0 Å². The maximum atomic E-state index is 11.1. The van der Waals surface area contributed by atoms with E-state index in [1.807, 2.05) is 0 Å². The molecule has 0 aliphatic carbocycles. The first-order valence-electron chi connectivity index (χ1n) is 3.91. The molecule has 0 spiro atoms. The van der Waals surface area contributed by atoms with Crippen LogP contribution in [0.25, 0.3) is 0 Å². The molecule has 1 heterocycles. The Labute approximate surface area is 70.8 Å². The molecule has 0 unspecified atom stereocenters. The van der Waals surface area contributed by atoms with E-state index in [1.165, 1.54) is 6.07 Å². The Kier molecular flexibility index (Phi) is 3.50. The molecule has 0 aliphatic heterocycles. The first kappa shape index (κ1) is 8.96. The average molecular weight is 167 g/mol. The zero-order valence-corrected chi connectivity index (χ0v) is 6.84. The van der Waals surface area contributed by atoms with E-state index in [2.05, 4.69) is 10.3 Å². The third-order valence-corrected chi connectivity index (χ3v) is 1.54. The van der Waals surface area contributed by atoms with Crippen molar-refractivity contribution in [2.75, 3.05) is 13.1 Å². The van der Waals surface area contributed by atoms with Gasteiger partial charge in [0, 0.05) is 43.7 Å². The molecule has 0 saturated carbocycles. The van der Waals surface area contributed by atoms with E-state index in [0.717, 1.165) is 12.1 Å². The van der Waals surface area contributed by atoms with Gasteiger partial charge in [0.15, 0.2) is 5.43 Å². The van der Waals surface area contributed by atoms with Gasteiger partial charge < -0.3 is 16.0 Å². The Morgan fingerprint density at radius 2 is 2.42 bits per heavy atom.